The van der Waals surface area contributed by atoms with Gasteiger partial charge in [-0.25, -0.2) is 0 Å². The molecule has 4 nitrogen and oxygen atoms in total. The molecule has 0 saturated carbocycles. The van der Waals surface area contributed by atoms with Crippen LogP contribution in [0.25, 0.3) is 0 Å². The summed E-state index contributed by atoms with van der Waals surface area (Å²) in [5.74, 6) is -0.176. The van der Waals surface area contributed by atoms with E-state index in [2.05, 4.69) is 10.5 Å². The molecule has 1 amide bonds. The molecule has 4 heteroatoms. The fraction of sp³-hybridized carbons (Fsp3) is 0.429. The SMILES string of the molecule is Cc1ccccc1/C=N\OCC(=O)NC(C)(C)C. The van der Waals surface area contributed by atoms with Gasteiger partial charge >= 0.3 is 0 Å². The zero-order valence-electron chi connectivity index (χ0n) is 11.4. The molecule has 18 heavy (non-hydrogen) atoms. The van der Waals surface area contributed by atoms with E-state index >= 15 is 0 Å². The molecule has 0 radical (unpaired) electrons. The van der Waals surface area contributed by atoms with Gasteiger partial charge in [0.25, 0.3) is 5.91 Å². The van der Waals surface area contributed by atoms with Crippen molar-refractivity contribution in [2.24, 2.45) is 5.16 Å². The summed E-state index contributed by atoms with van der Waals surface area (Å²) in [5.41, 5.74) is 1.85. The number of rotatable bonds is 4. The Kier molecular flexibility index (Phi) is 4.89. The van der Waals surface area contributed by atoms with Gasteiger partial charge in [-0.2, -0.15) is 0 Å². The molecule has 0 saturated heterocycles. The molecule has 0 fully saturated rings. The number of benzene rings is 1. The minimum Gasteiger partial charge on any atom is -0.386 e. The molecule has 0 aliphatic heterocycles. The molecule has 98 valence electrons. The Morgan fingerprint density at radius 1 is 1.39 bits per heavy atom. The Morgan fingerprint density at radius 2 is 2.06 bits per heavy atom. The first-order valence-electron chi connectivity index (χ1n) is 5.90. The maximum absolute atomic E-state index is 11.4. The van der Waals surface area contributed by atoms with Crippen LogP contribution in [0.5, 0.6) is 0 Å². The second-order valence-electron chi connectivity index (χ2n) is 5.16. The standard InChI is InChI=1S/C14H20N2O2/c1-11-7-5-6-8-12(11)9-15-18-10-13(17)16-14(2,3)4/h5-9H,10H2,1-4H3,(H,16,17)/b15-9-. The minimum absolute atomic E-state index is 0.0698. The van der Waals surface area contributed by atoms with Gasteiger partial charge in [0, 0.05) is 5.54 Å². The van der Waals surface area contributed by atoms with Gasteiger partial charge in [-0.05, 0) is 38.8 Å². The van der Waals surface area contributed by atoms with Crippen molar-refractivity contribution in [3.63, 3.8) is 0 Å². The molecule has 0 heterocycles. The highest BCUT2D eigenvalue weighted by Crippen LogP contribution is 2.03. The third-order valence-electron chi connectivity index (χ3n) is 2.16. The van der Waals surface area contributed by atoms with Crippen LogP contribution < -0.4 is 5.32 Å². The van der Waals surface area contributed by atoms with E-state index in [-0.39, 0.29) is 18.1 Å². The lowest BCUT2D eigenvalue weighted by Gasteiger charge is -2.19. The van der Waals surface area contributed by atoms with Crippen LogP contribution in [0.15, 0.2) is 29.4 Å². The van der Waals surface area contributed by atoms with Crippen LogP contribution in [0.2, 0.25) is 0 Å². The summed E-state index contributed by atoms with van der Waals surface area (Å²) in [5, 5.41) is 6.58. The Bertz CT molecular complexity index is 434. The molecule has 0 aromatic heterocycles. The summed E-state index contributed by atoms with van der Waals surface area (Å²) in [4.78, 5) is 16.4. The number of amides is 1. The number of nitrogens with one attached hydrogen (secondary N) is 1. The first-order valence-corrected chi connectivity index (χ1v) is 5.90. The first-order chi connectivity index (χ1) is 8.38. The topological polar surface area (TPSA) is 50.7 Å². The second-order valence-corrected chi connectivity index (χ2v) is 5.16. The maximum atomic E-state index is 11.4. The van der Waals surface area contributed by atoms with Crippen LogP contribution in [0.1, 0.15) is 31.9 Å². The fourth-order valence-corrected chi connectivity index (χ4v) is 1.38. The lowest BCUT2D eigenvalue weighted by Crippen LogP contribution is -2.42. The van der Waals surface area contributed by atoms with Crippen LogP contribution in [0.4, 0.5) is 0 Å². The van der Waals surface area contributed by atoms with Crippen LogP contribution in [-0.4, -0.2) is 24.3 Å². The van der Waals surface area contributed by atoms with Crippen molar-refractivity contribution in [2.45, 2.75) is 33.2 Å². The van der Waals surface area contributed by atoms with E-state index in [1.54, 1.807) is 6.21 Å². The van der Waals surface area contributed by atoms with Gasteiger partial charge in [0.15, 0.2) is 6.61 Å². The predicted molar refractivity (Wildman–Crippen MR) is 72.6 cm³/mol. The molecule has 0 bridgehead atoms. The fourth-order valence-electron chi connectivity index (χ4n) is 1.38. The lowest BCUT2D eigenvalue weighted by molar-refractivity contribution is -0.127. The summed E-state index contributed by atoms with van der Waals surface area (Å²) in [6.07, 6.45) is 1.61. The summed E-state index contributed by atoms with van der Waals surface area (Å²) >= 11 is 0. The average Bonchev–Trinajstić information content (AvgIpc) is 2.24. The Hall–Kier alpha value is -1.84. The van der Waals surface area contributed by atoms with Gasteiger partial charge in [-0.3, -0.25) is 4.79 Å². The smallest absolute Gasteiger partial charge is 0.261 e. The number of oxime groups is 1. The van der Waals surface area contributed by atoms with Crippen molar-refractivity contribution >= 4 is 12.1 Å². The molecule has 0 atom stereocenters. The van der Waals surface area contributed by atoms with Gasteiger partial charge in [0.1, 0.15) is 0 Å². The zero-order valence-corrected chi connectivity index (χ0v) is 11.4. The number of carbonyl (C=O) groups is 1. The van der Waals surface area contributed by atoms with Crippen molar-refractivity contribution in [1.82, 2.24) is 5.32 Å². The van der Waals surface area contributed by atoms with E-state index in [0.717, 1.165) is 11.1 Å². The number of nitrogens with zero attached hydrogens (tertiary/aromatic N) is 1. The Morgan fingerprint density at radius 3 is 2.67 bits per heavy atom. The minimum atomic E-state index is -0.250. The van der Waals surface area contributed by atoms with E-state index in [1.807, 2.05) is 52.0 Å². The van der Waals surface area contributed by atoms with Crippen molar-refractivity contribution < 1.29 is 9.63 Å². The monoisotopic (exact) mass is 248 g/mol. The van der Waals surface area contributed by atoms with Crippen LogP contribution in [0, 0.1) is 6.92 Å². The lowest BCUT2D eigenvalue weighted by atomic mass is 10.1. The molecular formula is C14H20N2O2. The largest absolute Gasteiger partial charge is 0.386 e. The number of hydrogen-bond donors (Lipinski definition) is 1. The van der Waals surface area contributed by atoms with Crippen molar-refractivity contribution in [1.29, 1.82) is 0 Å². The average molecular weight is 248 g/mol. The van der Waals surface area contributed by atoms with Gasteiger partial charge in [-0.1, -0.05) is 29.4 Å². The highest BCUT2D eigenvalue weighted by atomic mass is 16.6. The summed E-state index contributed by atoms with van der Waals surface area (Å²) < 4.78 is 0. The van der Waals surface area contributed by atoms with Gasteiger partial charge in [0.2, 0.25) is 0 Å². The van der Waals surface area contributed by atoms with E-state index in [4.69, 9.17) is 4.84 Å². The molecule has 0 unspecified atom stereocenters. The Balaban J connectivity index is 2.38. The highest BCUT2D eigenvalue weighted by molar-refractivity contribution is 5.81. The van der Waals surface area contributed by atoms with Gasteiger partial charge in [0.05, 0.1) is 6.21 Å². The summed E-state index contributed by atoms with van der Waals surface area (Å²) in [7, 11) is 0. The highest BCUT2D eigenvalue weighted by Gasteiger charge is 2.13. The van der Waals surface area contributed by atoms with Gasteiger partial charge < -0.3 is 10.2 Å². The number of aryl methyl sites for hydroxylation is 1. The summed E-state index contributed by atoms with van der Waals surface area (Å²) in [6, 6.07) is 7.83. The summed E-state index contributed by atoms with van der Waals surface area (Å²) in [6.45, 7) is 7.68. The molecule has 0 aliphatic rings. The third-order valence-corrected chi connectivity index (χ3v) is 2.16. The number of carbonyl (C=O) groups excluding carboxylic acids is 1. The van der Waals surface area contributed by atoms with Crippen LogP contribution in [0.3, 0.4) is 0 Å². The molecule has 1 aromatic rings. The molecule has 1 aromatic carbocycles. The Labute approximate surface area is 108 Å². The first kappa shape index (κ1) is 14.2. The van der Waals surface area contributed by atoms with Crippen molar-refractivity contribution in [3.8, 4) is 0 Å². The van der Waals surface area contributed by atoms with E-state index in [0.29, 0.717) is 0 Å². The van der Waals surface area contributed by atoms with Crippen molar-refractivity contribution in [2.75, 3.05) is 6.61 Å². The maximum Gasteiger partial charge on any atom is 0.261 e. The molecule has 1 N–H and O–H groups in total. The molecule has 0 spiro atoms. The van der Waals surface area contributed by atoms with Gasteiger partial charge in [-0.15, -0.1) is 0 Å². The predicted octanol–water partition coefficient (Wildman–Crippen LogP) is 2.26. The third kappa shape index (κ3) is 5.48. The molecule has 0 aliphatic carbocycles. The van der Waals surface area contributed by atoms with Crippen LogP contribution >= 0.6 is 0 Å². The van der Waals surface area contributed by atoms with E-state index in [1.165, 1.54) is 0 Å². The normalized spacial score (nSPS) is 11.6. The molecule has 1 rings (SSSR count). The quantitative estimate of drug-likeness (QED) is 0.656. The van der Waals surface area contributed by atoms with E-state index < -0.39 is 0 Å². The van der Waals surface area contributed by atoms with E-state index in [9.17, 15) is 4.79 Å². The number of hydrogen-bond acceptors (Lipinski definition) is 3. The van der Waals surface area contributed by atoms with Crippen molar-refractivity contribution in [3.05, 3.63) is 35.4 Å². The van der Waals surface area contributed by atoms with Crippen LogP contribution in [-0.2, 0) is 9.63 Å². The second kappa shape index (κ2) is 6.19. The zero-order chi connectivity index (χ0) is 13.6. The molecular weight excluding hydrogens is 228 g/mol.